The Morgan fingerprint density at radius 1 is 1.33 bits per heavy atom. The maximum Gasteiger partial charge on any atom is 0.118 e. The first-order valence-corrected chi connectivity index (χ1v) is 6.25. The molecule has 0 unspecified atom stereocenters. The quantitative estimate of drug-likeness (QED) is 0.593. The molecule has 1 heterocycles. The highest BCUT2D eigenvalue weighted by Gasteiger charge is 2.41. The van der Waals surface area contributed by atoms with Crippen LogP contribution in [0.5, 0.6) is 5.75 Å². The van der Waals surface area contributed by atoms with Crippen LogP contribution in [0.2, 0.25) is 0 Å². The minimum atomic E-state index is -0.378. The predicted octanol–water partition coefficient (Wildman–Crippen LogP) is 1.75. The van der Waals surface area contributed by atoms with Gasteiger partial charge in [0, 0.05) is 6.61 Å². The summed E-state index contributed by atoms with van der Waals surface area (Å²) in [5.74, 6) is 0.852. The molecule has 1 N–H and O–H groups in total. The van der Waals surface area contributed by atoms with Gasteiger partial charge in [0.25, 0.3) is 0 Å². The smallest absolute Gasteiger partial charge is 0.118 e. The molecule has 0 amide bonds. The summed E-state index contributed by atoms with van der Waals surface area (Å²) in [6.45, 7) is 3.00. The van der Waals surface area contributed by atoms with Crippen molar-refractivity contribution in [2.24, 2.45) is 0 Å². The molecule has 100 valence electrons. The standard InChI is InChI=1S/C14H20O4/c1-10(15)14-13(18-14)7-8-17-9-11-3-5-12(16-2)6-4-11/h3-6,10,13-15H,7-9H2,1-2H3/t10-,13+,14-/m0/s1. The molecule has 18 heavy (non-hydrogen) atoms. The minimum Gasteiger partial charge on any atom is -0.497 e. The lowest BCUT2D eigenvalue weighted by molar-refractivity contribution is 0.113. The summed E-state index contributed by atoms with van der Waals surface area (Å²) in [6.07, 6.45) is 0.637. The Hall–Kier alpha value is -1.10. The van der Waals surface area contributed by atoms with Crippen LogP contribution >= 0.6 is 0 Å². The lowest BCUT2D eigenvalue weighted by Gasteiger charge is -2.05. The second kappa shape index (κ2) is 6.18. The van der Waals surface area contributed by atoms with Crippen LogP contribution in [0.1, 0.15) is 18.9 Å². The third kappa shape index (κ3) is 3.70. The summed E-state index contributed by atoms with van der Waals surface area (Å²) in [4.78, 5) is 0. The Labute approximate surface area is 107 Å². The fourth-order valence-electron chi connectivity index (χ4n) is 1.92. The minimum absolute atomic E-state index is 0.00888. The van der Waals surface area contributed by atoms with Crippen LogP contribution in [0.3, 0.4) is 0 Å². The molecule has 1 fully saturated rings. The molecule has 0 radical (unpaired) electrons. The van der Waals surface area contributed by atoms with E-state index in [4.69, 9.17) is 14.2 Å². The second-order valence-corrected chi connectivity index (χ2v) is 4.57. The fraction of sp³-hybridized carbons (Fsp3) is 0.571. The van der Waals surface area contributed by atoms with Gasteiger partial charge >= 0.3 is 0 Å². The maximum absolute atomic E-state index is 9.27. The van der Waals surface area contributed by atoms with E-state index in [-0.39, 0.29) is 18.3 Å². The SMILES string of the molecule is COc1ccc(COCC[C@H]2O[C@H]2[C@H](C)O)cc1. The number of hydrogen-bond donors (Lipinski definition) is 1. The largest absolute Gasteiger partial charge is 0.497 e. The van der Waals surface area contributed by atoms with E-state index in [0.29, 0.717) is 13.2 Å². The molecule has 1 aromatic carbocycles. The van der Waals surface area contributed by atoms with Gasteiger partial charge in [-0.15, -0.1) is 0 Å². The van der Waals surface area contributed by atoms with E-state index in [1.54, 1.807) is 14.0 Å². The van der Waals surface area contributed by atoms with E-state index in [2.05, 4.69) is 0 Å². The zero-order valence-corrected chi connectivity index (χ0v) is 10.8. The molecule has 1 aromatic rings. The molecule has 0 spiro atoms. The van der Waals surface area contributed by atoms with Gasteiger partial charge in [0.2, 0.25) is 0 Å². The highest BCUT2D eigenvalue weighted by molar-refractivity contribution is 5.26. The first-order valence-electron chi connectivity index (χ1n) is 6.25. The third-order valence-corrected chi connectivity index (χ3v) is 3.07. The molecule has 0 aliphatic carbocycles. The lowest BCUT2D eigenvalue weighted by atomic mass is 10.2. The van der Waals surface area contributed by atoms with Crippen LogP contribution in [0, 0.1) is 0 Å². The second-order valence-electron chi connectivity index (χ2n) is 4.57. The first kappa shape index (κ1) is 13.3. The molecule has 1 aliphatic heterocycles. The van der Waals surface area contributed by atoms with Gasteiger partial charge in [0.1, 0.15) is 11.9 Å². The first-order chi connectivity index (χ1) is 8.70. The summed E-state index contributed by atoms with van der Waals surface area (Å²) in [7, 11) is 1.65. The van der Waals surface area contributed by atoms with Gasteiger partial charge in [0.15, 0.2) is 0 Å². The summed E-state index contributed by atoms with van der Waals surface area (Å²) in [5, 5.41) is 9.27. The van der Waals surface area contributed by atoms with Gasteiger partial charge in [-0.25, -0.2) is 0 Å². The molecule has 1 saturated heterocycles. The monoisotopic (exact) mass is 252 g/mol. The highest BCUT2D eigenvalue weighted by Crippen LogP contribution is 2.28. The van der Waals surface area contributed by atoms with Crippen molar-refractivity contribution in [1.82, 2.24) is 0 Å². The molecule has 1 aliphatic rings. The molecule has 0 aromatic heterocycles. The third-order valence-electron chi connectivity index (χ3n) is 3.07. The van der Waals surface area contributed by atoms with Gasteiger partial charge in [-0.1, -0.05) is 12.1 Å². The van der Waals surface area contributed by atoms with Crippen LogP contribution in [-0.4, -0.2) is 37.1 Å². The van der Waals surface area contributed by atoms with Crippen molar-refractivity contribution in [3.05, 3.63) is 29.8 Å². The van der Waals surface area contributed by atoms with E-state index in [1.807, 2.05) is 24.3 Å². The van der Waals surface area contributed by atoms with E-state index >= 15 is 0 Å². The van der Waals surface area contributed by atoms with Crippen molar-refractivity contribution in [1.29, 1.82) is 0 Å². The van der Waals surface area contributed by atoms with E-state index in [1.165, 1.54) is 0 Å². The van der Waals surface area contributed by atoms with Gasteiger partial charge in [-0.05, 0) is 31.0 Å². The number of rotatable bonds is 7. The lowest BCUT2D eigenvalue weighted by Crippen LogP contribution is -2.12. The average Bonchev–Trinajstić information content (AvgIpc) is 3.15. The number of ether oxygens (including phenoxy) is 3. The molecular weight excluding hydrogens is 232 g/mol. The Morgan fingerprint density at radius 3 is 2.61 bits per heavy atom. The molecule has 2 rings (SSSR count). The Bertz CT molecular complexity index is 361. The molecular formula is C14H20O4. The van der Waals surface area contributed by atoms with Crippen LogP contribution in [0.15, 0.2) is 24.3 Å². The van der Waals surface area contributed by atoms with Crippen molar-refractivity contribution in [2.45, 2.75) is 38.3 Å². The zero-order valence-electron chi connectivity index (χ0n) is 10.8. The number of methoxy groups -OCH3 is 1. The van der Waals surface area contributed by atoms with Gasteiger partial charge in [0.05, 0.1) is 25.9 Å². The number of epoxide rings is 1. The van der Waals surface area contributed by atoms with Crippen molar-refractivity contribution < 1.29 is 19.3 Å². The zero-order chi connectivity index (χ0) is 13.0. The average molecular weight is 252 g/mol. The molecule has 4 nitrogen and oxygen atoms in total. The van der Waals surface area contributed by atoms with Gasteiger partial charge < -0.3 is 19.3 Å². The highest BCUT2D eigenvalue weighted by atomic mass is 16.6. The summed E-state index contributed by atoms with van der Waals surface area (Å²) in [5.41, 5.74) is 1.12. The Balaban J connectivity index is 1.61. The van der Waals surface area contributed by atoms with Gasteiger partial charge in [-0.3, -0.25) is 0 Å². The summed E-state index contributed by atoms with van der Waals surface area (Å²) < 4.78 is 16.0. The Kier molecular flexibility index (Phi) is 4.58. The molecule has 3 atom stereocenters. The number of aliphatic hydroxyl groups excluding tert-OH is 1. The van der Waals surface area contributed by atoms with Crippen molar-refractivity contribution in [3.63, 3.8) is 0 Å². The number of benzene rings is 1. The summed E-state index contributed by atoms with van der Waals surface area (Å²) in [6, 6.07) is 7.83. The maximum atomic E-state index is 9.27. The number of aliphatic hydroxyl groups is 1. The van der Waals surface area contributed by atoms with Crippen LogP contribution in [0.4, 0.5) is 0 Å². The topological polar surface area (TPSA) is 51.2 Å². The van der Waals surface area contributed by atoms with E-state index in [0.717, 1.165) is 17.7 Å². The van der Waals surface area contributed by atoms with E-state index in [9.17, 15) is 5.11 Å². The predicted molar refractivity (Wildman–Crippen MR) is 67.6 cm³/mol. The van der Waals surface area contributed by atoms with Crippen molar-refractivity contribution in [3.8, 4) is 5.75 Å². The molecule has 0 saturated carbocycles. The fourth-order valence-corrected chi connectivity index (χ4v) is 1.92. The van der Waals surface area contributed by atoms with Crippen molar-refractivity contribution >= 4 is 0 Å². The van der Waals surface area contributed by atoms with Crippen LogP contribution in [0.25, 0.3) is 0 Å². The van der Waals surface area contributed by atoms with Gasteiger partial charge in [-0.2, -0.15) is 0 Å². The Morgan fingerprint density at radius 2 is 2.06 bits per heavy atom. The normalized spacial score (nSPS) is 23.7. The van der Waals surface area contributed by atoms with Crippen molar-refractivity contribution in [2.75, 3.05) is 13.7 Å². The summed E-state index contributed by atoms with van der Waals surface area (Å²) >= 11 is 0. The van der Waals surface area contributed by atoms with Crippen LogP contribution < -0.4 is 4.74 Å². The molecule has 0 bridgehead atoms. The molecule has 4 heteroatoms. The van der Waals surface area contributed by atoms with Crippen LogP contribution in [-0.2, 0) is 16.1 Å². The van der Waals surface area contributed by atoms with E-state index < -0.39 is 0 Å². The number of hydrogen-bond acceptors (Lipinski definition) is 4.